The first kappa shape index (κ1) is 16.0. The minimum absolute atomic E-state index is 0.178. The third-order valence-corrected chi connectivity index (χ3v) is 3.99. The highest BCUT2D eigenvalue weighted by molar-refractivity contribution is 6.06. The Hall–Kier alpha value is -2.35. The third-order valence-electron chi connectivity index (χ3n) is 3.99. The number of benzene rings is 1. The van der Waals surface area contributed by atoms with Gasteiger partial charge in [-0.25, -0.2) is 4.79 Å². The molecule has 1 N–H and O–H groups in total. The number of hydrogen-bond acceptors (Lipinski definition) is 3. The molecule has 1 heterocycles. The molecule has 0 aliphatic carbocycles. The van der Waals surface area contributed by atoms with Crippen molar-refractivity contribution in [3.63, 3.8) is 0 Å². The third kappa shape index (κ3) is 3.28. The molecule has 1 aromatic rings. The van der Waals surface area contributed by atoms with Gasteiger partial charge in [-0.3, -0.25) is 9.69 Å². The molecule has 1 saturated heterocycles. The summed E-state index contributed by atoms with van der Waals surface area (Å²) in [6.45, 7) is 6.21. The SMILES string of the molecule is CC(C)CCC1(C)NC(=O)N(Cc2ccc(C#N)cc2)C1=O. The number of imide groups is 1. The van der Waals surface area contributed by atoms with Crippen LogP contribution in [0.3, 0.4) is 0 Å². The molecule has 22 heavy (non-hydrogen) atoms. The van der Waals surface area contributed by atoms with E-state index >= 15 is 0 Å². The van der Waals surface area contributed by atoms with E-state index in [0.717, 1.165) is 12.0 Å². The zero-order valence-corrected chi connectivity index (χ0v) is 13.2. The van der Waals surface area contributed by atoms with Gasteiger partial charge in [-0.2, -0.15) is 5.26 Å². The van der Waals surface area contributed by atoms with Crippen molar-refractivity contribution in [2.75, 3.05) is 0 Å². The molecule has 116 valence electrons. The highest BCUT2D eigenvalue weighted by atomic mass is 16.2. The number of amides is 3. The molecule has 1 aliphatic rings. The van der Waals surface area contributed by atoms with Gasteiger partial charge in [0.25, 0.3) is 5.91 Å². The van der Waals surface area contributed by atoms with Gasteiger partial charge in [0.15, 0.2) is 0 Å². The van der Waals surface area contributed by atoms with Crippen molar-refractivity contribution in [1.82, 2.24) is 10.2 Å². The second-order valence-corrected chi connectivity index (χ2v) is 6.39. The normalized spacial score (nSPS) is 21.1. The van der Waals surface area contributed by atoms with E-state index in [1.807, 2.05) is 6.07 Å². The van der Waals surface area contributed by atoms with E-state index in [9.17, 15) is 9.59 Å². The lowest BCUT2D eigenvalue weighted by Gasteiger charge is -2.22. The summed E-state index contributed by atoms with van der Waals surface area (Å²) < 4.78 is 0. The maximum atomic E-state index is 12.6. The Balaban J connectivity index is 2.09. The molecular weight excluding hydrogens is 278 g/mol. The van der Waals surface area contributed by atoms with Crippen molar-refractivity contribution < 1.29 is 9.59 Å². The maximum Gasteiger partial charge on any atom is 0.325 e. The smallest absolute Gasteiger partial charge is 0.323 e. The van der Waals surface area contributed by atoms with Gasteiger partial charge in [0.1, 0.15) is 5.54 Å². The minimum Gasteiger partial charge on any atom is -0.323 e. The predicted molar refractivity (Wildman–Crippen MR) is 82.7 cm³/mol. The summed E-state index contributed by atoms with van der Waals surface area (Å²) in [5.41, 5.74) is 0.576. The molecule has 0 bridgehead atoms. The number of urea groups is 1. The summed E-state index contributed by atoms with van der Waals surface area (Å²) in [5.74, 6) is 0.302. The average molecular weight is 299 g/mol. The van der Waals surface area contributed by atoms with E-state index < -0.39 is 5.54 Å². The molecule has 1 atom stereocenters. The first-order valence-electron chi connectivity index (χ1n) is 7.49. The van der Waals surface area contributed by atoms with Crippen molar-refractivity contribution in [3.8, 4) is 6.07 Å². The molecule has 5 nitrogen and oxygen atoms in total. The predicted octanol–water partition coefficient (Wildman–Crippen LogP) is 2.80. The molecule has 0 aromatic heterocycles. The monoisotopic (exact) mass is 299 g/mol. The van der Waals surface area contributed by atoms with Crippen LogP contribution in [-0.2, 0) is 11.3 Å². The largest absolute Gasteiger partial charge is 0.325 e. The first-order valence-corrected chi connectivity index (χ1v) is 7.49. The topological polar surface area (TPSA) is 73.2 Å². The zero-order valence-electron chi connectivity index (χ0n) is 13.2. The van der Waals surface area contributed by atoms with E-state index in [0.29, 0.717) is 17.9 Å². The van der Waals surface area contributed by atoms with Crippen LogP contribution in [0.5, 0.6) is 0 Å². The minimum atomic E-state index is -0.812. The van der Waals surface area contributed by atoms with Crippen LogP contribution in [0, 0.1) is 17.2 Å². The molecular formula is C17H21N3O2. The Bertz CT molecular complexity index is 616. The highest BCUT2D eigenvalue weighted by Gasteiger charge is 2.47. The molecule has 0 spiro atoms. The van der Waals surface area contributed by atoms with Crippen LogP contribution in [0.2, 0.25) is 0 Å². The Labute approximate surface area is 130 Å². The summed E-state index contributed by atoms with van der Waals surface area (Å²) in [7, 11) is 0. The fraction of sp³-hybridized carbons (Fsp3) is 0.471. The summed E-state index contributed by atoms with van der Waals surface area (Å²) in [6, 6.07) is 8.61. The first-order chi connectivity index (χ1) is 10.4. The number of carbonyl (C=O) groups excluding carboxylic acids is 2. The molecule has 1 fully saturated rings. The second kappa shape index (κ2) is 6.18. The van der Waals surface area contributed by atoms with Crippen LogP contribution in [0.25, 0.3) is 0 Å². The molecule has 0 radical (unpaired) electrons. The fourth-order valence-electron chi connectivity index (χ4n) is 2.50. The number of carbonyl (C=O) groups is 2. The lowest BCUT2D eigenvalue weighted by atomic mass is 9.92. The second-order valence-electron chi connectivity index (χ2n) is 6.39. The lowest BCUT2D eigenvalue weighted by molar-refractivity contribution is -0.131. The van der Waals surface area contributed by atoms with E-state index in [-0.39, 0.29) is 18.5 Å². The molecule has 1 aliphatic heterocycles. The quantitative estimate of drug-likeness (QED) is 0.850. The van der Waals surface area contributed by atoms with E-state index in [1.54, 1.807) is 31.2 Å². The van der Waals surface area contributed by atoms with Gasteiger partial charge in [-0.1, -0.05) is 26.0 Å². The van der Waals surface area contributed by atoms with Crippen LogP contribution < -0.4 is 5.32 Å². The van der Waals surface area contributed by atoms with Crippen LogP contribution in [-0.4, -0.2) is 22.4 Å². The molecule has 1 unspecified atom stereocenters. The average Bonchev–Trinajstić information content (AvgIpc) is 2.70. The number of nitrogens with one attached hydrogen (secondary N) is 1. The number of nitrogens with zero attached hydrogens (tertiary/aromatic N) is 2. The maximum absolute atomic E-state index is 12.6. The highest BCUT2D eigenvalue weighted by Crippen LogP contribution is 2.26. The summed E-state index contributed by atoms with van der Waals surface area (Å²) in [5, 5.41) is 11.6. The van der Waals surface area contributed by atoms with Gasteiger partial charge >= 0.3 is 6.03 Å². The van der Waals surface area contributed by atoms with Gasteiger partial charge in [0, 0.05) is 0 Å². The van der Waals surface area contributed by atoms with E-state index in [1.165, 1.54) is 4.90 Å². The van der Waals surface area contributed by atoms with Gasteiger partial charge < -0.3 is 5.32 Å². The Morgan fingerprint density at radius 2 is 1.91 bits per heavy atom. The molecule has 1 aromatic carbocycles. The lowest BCUT2D eigenvalue weighted by Crippen LogP contribution is -2.44. The summed E-state index contributed by atoms with van der Waals surface area (Å²) in [6.07, 6.45) is 1.52. The zero-order chi connectivity index (χ0) is 16.3. The Kier molecular flexibility index (Phi) is 4.51. The van der Waals surface area contributed by atoms with Gasteiger partial charge in [0.2, 0.25) is 0 Å². The van der Waals surface area contributed by atoms with Crippen LogP contribution in [0.15, 0.2) is 24.3 Å². The Morgan fingerprint density at radius 1 is 1.27 bits per heavy atom. The summed E-state index contributed by atoms with van der Waals surface area (Å²) in [4.78, 5) is 25.9. The molecule has 2 rings (SSSR count). The van der Waals surface area contributed by atoms with E-state index in [4.69, 9.17) is 5.26 Å². The van der Waals surface area contributed by atoms with Gasteiger partial charge in [-0.05, 0) is 43.4 Å². The standard InChI is InChI=1S/C17H21N3O2/c1-12(2)8-9-17(3)15(21)20(16(22)19-17)11-14-6-4-13(10-18)5-7-14/h4-7,12H,8-9,11H2,1-3H3,(H,19,22). The number of rotatable bonds is 5. The number of nitriles is 1. The molecule has 5 heteroatoms. The van der Waals surface area contributed by atoms with Gasteiger partial charge in [-0.15, -0.1) is 0 Å². The van der Waals surface area contributed by atoms with Crippen LogP contribution >= 0.6 is 0 Å². The van der Waals surface area contributed by atoms with Crippen molar-refractivity contribution in [1.29, 1.82) is 5.26 Å². The van der Waals surface area contributed by atoms with Crippen molar-refractivity contribution >= 4 is 11.9 Å². The van der Waals surface area contributed by atoms with Crippen LogP contribution in [0.4, 0.5) is 4.79 Å². The molecule has 0 saturated carbocycles. The number of hydrogen-bond donors (Lipinski definition) is 1. The van der Waals surface area contributed by atoms with Crippen molar-refractivity contribution in [3.05, 3.63) is 35.4 Å². The molecule has 3 amide bonds. The van der Waals surface area contributed by atoms with Gasteiger partial charge in [0.05, 0.1) is 18.2 Å². The van der Waals surface area contributed by atoms with Crippen molar-refractivity contribution in [2.45, 2.75) is 45.7 Å². The van der Waals surface area contributed by atoms with Crippen molar-refractivity contribution in [2.24, 2.45) is 5.92 Å². The van der Waals surface area contributed by atoms with E-state index in [2.05, 4.69) is 19.2 Å². The fourth-order valence-corrected chi connectivity index (χ4v) is 2.50. The summed E-state index contributed by atoms with van der Waals surface area (Å²) >= 11 is 0. The van der Waals surface area contributed by atoms with Crippen LogP contribution in [0.1, 0.15) is 44.7 Å². The Morgan fingerprint density at radius 3 is 2.45 bits per heavy atom.